The fourth-order valence-corrected chi connectivity index (χ4v) is 0.589. The van der Waals surface area contributed by atoms with E-state index in [1.807, 2.05) is 0 Å². The summed E-state index contributed by atoms with van der Waals surface area (Å²) < 4.78 is 0. The Morgan fingerprint density at radius 1 is 1.25 bits per heavy atom. The first-order valence-corrected chi connectivity index (χ1v) is 3.17. The van der Waals surface area contributed by atoms with Gasteiger partial charge < -0.3 is 5.11 Å². The second-order valence-corrected chi connectivity index (χ2v) is 1.89. The Bertz CT molecular complexity index is 29.4. The Morgan fingerprint density at radius 2 is 2.00 bits per heavy atom. The first-order valence-electron chi connectivity index (χ1n) is 3.17. The average molecular weight is 114 g/mol. The third-order valence-corrected chi connectivity index (χ3v) is 1.08. The van der Waals surface area contributed by atoms with Crippen molar-refractivity contribution in [2.24, 2.45) is 0 Å². The molecule has 1 heteroatoms. The van der Waals surface area contributed by atoms with Crippen LogP contribution in [0.4, 0.5) is 0 Å². The van der Waals surface area contributed by atoms with Gasteiger partial charge in [0.1, 0.15) is 0 Å². The maximum Gasteiger partial charge on any atom is 0.0799 e. The third kappa shape index (κ3) is 5.96. The number of hydrogen-bond acceptors (Lipinski definition) is 1. The molecular weight excluding hydrogens is 100 g/mol. The van der Waals surface area contributed by atoms with Gasteiger partial charge in [0.15, 0.2) is 0 Å². The summed E-state index contributed by atoms with van der Waals surface area (Å²) in [6, 6.07) is 0. The van der Waals surface area contributed by atoms with E-state index in [1.54, 1.807) is 0 Å². The van der Waals surface area contributed by atoms with Gasteiger partial charge in [0, 0.05) is 0 Å². The van der Waals surface area contributed by atoms with Crippen molar-refractivity contribution in [2.75, 3.05) is 0 Å². The molecule has 0 bridgehead atoms. The van der Waals surface area contributed by atoms with E-state index in [0.717, 1.165) is 19.3 Å². The van der Waals surface area contributed by atoms with Crippen LogP contribution in [0.3, 0.4) is 0 Å². The second-order valence-electron chi connectivity index (χ2n) is 1.89. The van der Waals surface area contributed by atoms with Gasteiger partial charge in [-0.2, -0.15) is 0 Å². The lowest BCUT2D eigenvalue weighted by atomic mass is 10.2. The van der Waals surface area contributed by atoms with E-state index in [4.69, 9.17) is 5.11 Å². The van der Waals surface area contributed by atoms with Crippen LogP contribution in [0, 0.1) is 13.5 Å². The van der Waals surface area contributed by atoms with Crippen molar-refractivity contribution >= 4 is 0 Å². The Hall–Kier alpha value is -0.0400. The first-order chi connectivity index (χ1) is 3.91. The van der Waals surface area contributed by atoms with Crippen molar-refractivity contribution in [1.29, 1.82) is 0 Å². The van der Waals surface area contributed by atoms with Gasteiger partial charge in [0.05, 0.1) is 6.61 Å². The van der Waals surface area contributed by atoms with E-state index in [1.165, 1.54) is 19.4 Å². The third-order valence-electron chi connectivity index (χ3n) is 1.08. The molecule has 0 aliphatic heterocycles. The summed E-state index contributed by atoms with van der Waals surface area (Å²) in [6.07, 6.45) is 5.34. The molecule has 0 aliphatic rings. The molecule has 0 unspecified atom stereocenters. The van der Waals surface area contributed by atoms with Crippen molar-refractivity contribution in [3.05, 3.63) is 13.5 Å². The summed E-state index contributed by atoms with van der Waals surface area (Å²) in [5, 5.41) is 8.22. The molecule has 0 aromatic carbocycles. The smallest absolute Gasteiger partial charge is 0.0799 e. The molecule has 0 spiro atoms. The van der Waals surface area contributed by atoms with Crippen molar-refractivity contribution in [3.63, 3.8) is 0 Å². The number of aliphatic hydroxyl groups excluding tert-OH is 1. The van der Waals surface area contributed by atoms with Crippen LogP contribution in [-0.2, 0) is 0 Å². The molecule has 0 atom stereocenters. The highest BCUT2D eigenvalue weighted by Crippen LogP contribution is 2.01. The molecule has 0 saturated heterocycles. The van der Waals surface area contributed by atoms with Gasteiger partial charge in [-0.15, -0.1) is 0 Å². The van der Waals surface area contributed by atoms with Gasteiger partial charge in [-0.1, -0.05) is 32.6 Å². The largest absolute Gasteiger partial charge is 0.390 e. The van der Waals surface area contributed by atoms with Gasteiger partial charge in [-0.05, 0) is 6.42 Å². The zero-order valence-corrected chi connectivity index (χ0v) is 5.27. The van der Waals surface area contributed by atoms with Crippen molar-refractivity contribution in [3.8, 4) is 0 Å². The highest BCUT2D eigenvalue weighted by atomic mass is 16.2. The fourth-order valence-electron chi connectivity index (χ4n) is 0.589. The van der Waals surface area contributed by atoms with E-state index in [0.29, 0.717) is 0 Å². The summed E-state index contributed by atoms with van der Waals surface area (Å²) in [4.78, 5) is 0. The number of hydrogen-bond donors (Lipinski definition) is 1. The van der Waals surface area contributed by atoms with Crippen LogP contribution in [0.2, 0.25) is 0 Å². The van der Waals surface area contributed by atoms with Gasteiger partial charge in [0.25, 0.3) is 0 Å². The number of rotatable bonds is 5. The molecule has 0 aromatic heterocycles. The summed E-state index contributed by atoms with van der Waals surface area (Å²) >= 11 is 0. The van der Waals surface area contributed by atoms with E-state index >= 15 is 0 Å². The van der Waals surface area contributed by atoms with Gasteiger partial charge in [0.2, 0.25) is 0 Å². The maximum absolute atomic E-state index is 8.22. The molecule has 1 N–H and O–H groups in total. The molecule has 0 aromatic rings. The van der Waals surface area contributed by atoms with Crippen molar-refractivity contribution < 1.29 is 5.11 Å². The maximum atomic E-state index is 8.22. The van der Waals surface area contributed by atoms with E-state index in [-0.39, 0.29) is 0 Å². The molecule has 1 nitrogen and oxygen atoms in total. The molecule has 8 heavy (non-hydrogen) atoms. The van der Waals surface area contributed by atoms with Crippen LogP contribution >= 0.6 is 0 Å². The van der Waals surface area contributed by atoms with E-state index < -0.39 is 0 Å². The minimum absolute atomic E-state index is 0.833. The Labute approximate surface area is 51.7 Å². The summed E-state index contributed by atoms with van der Waals surface area (Å²) in [5.74, 6) is 0. The highest BCUT2D eigenvalue weighted by molar-refractivity contribution is 4.49. The van der Waals surface area contributed by atoms with Gasteiger partial charge in [-0.3, -0.25) is 0 Å². The molecule has 48 valence electrons. The summed E-state index contributed by atoms with van der Waals surface area (Å²) in [6.45, 7) is 4.94. The Kier molecular flexibility index (Phi) is 6.93. The average Bonchev–Trinajstić information content (AvgIpc) is 1.81. The minimum Gasteiger partial charge on any atom is -0.390 e. The fraction of sp³-hybridized carbons (Fsp3) is 0.714. The number of unbranched alkanes of at least 4 members (excludes halogenated alkanes) is 4. The zero-order chi connectivity index (χ0) is 6.24. The monoisotopic (exact) mass is 114 g/mol. The van der Waals surface area contributed by atoms with E-state index in [2.05, 4.69) is 6.92 Å². The Morgan fingerprint density at radius 3 is 2.50 bits per heavy atom. The normalized spacial score (nSPS) is 9.75. The summed E-state index contributed by atoms with van der Waals surface area (Å²) in [5.41, 5.74) is 0. The highest BCUT2D eigenvalue weighted by Gasteiger charge is 1.84. The summed E-state index contributed by atoms with van der Waals surface area (Å²) in [7, 11) is 0. The van der Waals surface area contributed by atoms with Gasteiger partial charge in [-0.25, -0.2) is 0 Å². The van der Waals surface area contributed by atoms with Gasteiger partial charge >= 0.3 is 0 Å². The quantitative estimate of drug-likeness (QED) is 0.544. The predicted octanol–water partition coefficient (Wildman–Crippen LogP) is 2.31. The lowest BCUT2D eigenvalue weighted by Crippen LogP contribution is -1.76. The van der Waals surface area contributed by atoms with Crippen molar-refractivity contribution in [2.45, 2.75) is 32.1 Å². The number of aliphatic hydroxyl groups is 1. The molecule has 0 saturated carbocycles. The molecule has 0 fully saturated rings. The topological polar surface area (TPSA) is 20.2 Å². The SMILES string of the molecule is [CH2]CCCCC[CH]O. The lowest BCUT2D eigenvalue weighted by molar-refractivity contribution is 0.367. The zero-order valence-electron chi connectivity index (χ0n) is 5.27. The predicted molar refractivity (Wildman–Crippen MR) is 34.7 cm³/mol. The first kappa shape index (κ1) is 7.96. The molecule has 0 heterocycles. The molecule has 0 amide bonds. The van der Waals surface area contributed by atoms with Crippen LogP contribution < -0.4 is 0 Å². The lowest BCUT2D eigenvalue weighted by Gasteiger charge is -1.93. The van der Waals surface area contributed by atoms with Crippen LogP contribution in [-0.4, -0.2) is 5.11 Å². The van der Waals surface area contributed by atoms with Crippen LogP contribution in [0.15, 0.2) is 0 Å². The Balaban J connectivity index is 2.53. The minimum atomic E-state index is 0.833. The van der Waals surface area contributed by atoms with Crippen LogP contribution in [0.25, 0.3) is 0 Å². The molecule has 0 aliphatic carbocycles. The van der Waals surface area contributed by atoms with Crippen molar-refractivity contribution in [1.82, 2.24) is 0 Å². The molecule has 0 rings (SSSR count). The standard InChI is InChI=1S/C7H14O/c1-2-3-4-5-6-7-8/h7-8H,1-6H2. The van der Waals surface area contributed by atoms with E-state index in [9.17, 15) is 0 Å². The molecular formula is C7H14O. The van der Waals surface area contributed by atoms with Crippen LogP contribution in [0.5, 0.6) is 0 Å². The second kappa shape index (κ2) is 6.96. The van der Waals surface area contributed by atoms with Crippen LogP contribution in [0.1, 0.15) is 32.1 Å². The molecule has 2 radical (unpaired) electrons.